The zero-order chi connectivity index (χ0) is 12.4. The van der Waals surface area contributed by atoms with Crippen LogP contribution in [-0.4, -0.2) is 41.7 Å². The topological polar surface area (TPSA) is 66.8 Å². The molecule has 0 aromatic heterocycles. The van der Waals surface area contributed by atoms with Crippen LogP contribution in [0.2, 0.25) is 0 Å². The Kier molecular flexibility index (Phi) is 3.80. The Morgan fingerprint density at radius 2 is 1.88 bits per heavy atom. The Morgan fingerprint density at radius 1 is 1.38 bits per heavy atom. The molecule has 1 atom stereocenters. The number of aliphatic hydroxyl groups excluding tert-OH is 1. The van der Waals surface area contributed by atoms with Gasteiger partial charge in [0, 0.05) is 13.2 Å². The predicted octanol–water partition coefficient (Wildman–Crippen LogP) is 1.18. The van der Waals surface area contributed by atoms with E-state index < -0.39 is 30.1 Å². The maximum absolute atomic E-state index is 12.2. The number of rotatable bonds is 3. The van der Waals surface area contributed by atoms with Gasteiger partial charge in [0.05, 0.1) is 5.41 Å². The van der Waals surface area contributed by atoms with Crippen LogP contribution in [0.5, 0.6) is 0 Å². The Morgan fingerprint density at radius 3 is 2.25 bits per heavy atom. The van der Waals surface area contributed by atoms with Gasteiger partial charge in [-0.25, -0.2) is 0 Å². The molecule has 0 amide bonds. The Balaban J connectivity index is 2.75. The predicted molar refractivity (Wildman–Crippen MR) is 46.8 cm³/mol. The van der Waals surface area contributed by atoms with Crippen LogP contribution < -0.4 is 0 Å². The van der Waals surface area contributed by atoms with E-state index in [9.17, 15) is 18.0 Å². The van der Waals surface area contributed by atoms with Gasteiger partial charge in [-0.05, 0) is 19.3 Å². The number of carboxylic acid groups (broad SMARTS) is 1. The molecule has 0 spiro atoms. The van der Waals surface area contributed by atoms with E-state index in [0.29, 0.717) is 0 Å². The molecule has 0 bridgehead atoms. The SMILES string of the molecule is O=C(O)C1(CC(O)C(F)(F)F)CCOCC1. The molecule has 1 rings (SSSR count). The van der Waals surface area contributed by atoms with E-state index in [0.717, 1.165) is 0 Å². The highest BCUT2D eigenvalue weighted by atomic mass is 19.4. The number of aliphatic carboxylic acids is 1. The molecule has 1 aliphatic heterocycles. The number of carboxylic acids is 1. The summed E-state index contributed by atoms with van der Waals surface area (Å²) in [6.45, 7) is 0.216. The van der Waals surface area contributed by atoms with Crippen LogP contribution in [0, 0.1) is 5.41 Å². The number of hydrogen-bond donors (Lipinski definition) is 2. The number of ether oxygens (including phenoxy) is 1. The minimum atomic E-state index is -4.78. The molecule has 0 saturated carbocycles. The summed E-state index contributed by atoms with van der Waals surface area (Å²) >= 11 is 0. The second kappa shape index (κ2) is 4.58. The zero-order valence-electron chi connectivity index (χ0n) is 8.46. The molecule has 16 heavy (non-hydrogen) atoms. The fourth-order valence-corrected chi connectivity index (χ4v) is 1.75. The van der Waals surface area contributed by atoms with E-state index in [1.165, 1.54) is 0 Å². The molecule has 1 saturated heterocycles. The third kappa shape index (κ3) is 2.85. The highest BCUT2D eigenvalue weighted by Crippen LogP contribution is 2.39. The summed E-state index contributed by atoms with van der Waals surface area (Å²) in [4.78, 5) is 11.0. The van der Waals surface area contributed by atoms with Crippen molar-refractivity contribution in [1.29, 1.82) is 0 Å². The van der Waals surface area contributed by atoms with Crippen LogP contribution in [0.3, 0.4) is 0 Å². The molecule has 0 aromatic rings. The van der Waals surface area contributed by atoms with Crippen LogP contribution in [0.1, 0.15) is 19.3 Å². The summed E-state index contributed by atoms with van der Waals surface area (Å²) in [5.41, 5.74) is -1.52. The lowest BCUT2D eigenvalue weighted by Gasteiger charge is -2.34. The van der Waals surface area contributed by atoms with E-state index in [2.05, 4.69) is 0 Å². The van der Waals surface area contributed by atoms with Gasteiger partial charge in [0.1, 0.15) is 0 Å². The summed E-state index contributed by atoms with van der Waals surface area (Å²) in [5, 5.41) is 17.9. The summed E-state index contributed by atoms with van der Waals surface area (Å²) in [5.74, 6) is -1.31. The van der Waals surface area contributed by atoms with Crippen molar-refractivity contribution >= 4 is 5.97 Å². The number of carbonyl (C=O) groups is 1. The normalized spacial score (nSPS) is 22.8. The lowest BCUT2D eigenvalue weighted by molar-refractivity contribution is -0.217. The van der Waals surface area contributed by atoms with Gasteiger partial charge in [-0.2, -0.15) is 13.2 Å². The first-order valence-corrected chi connectivity index (χ1v) is 4.84. The van der Waals surface area contributed by atoms with Crippen molar-refractivity contribution < 1.29 is 32.9 Å². The summed E-state index contributed by atoms with van der Waals surface area (Å²) in [6, 6.07) is 0. The lowest BCUT2D eigenvalue weighted by Crippen LogP contribution is -2.43. The van der Waals surface area contributed by atoms with E-state index >= 15 is 0 Å². The highest BCUT2D eigenvalue weighted by Gasteiger charge is 2.48. The number of alkyl halides is 3. The third-order valence-electron chi connectivity index (χ3n) is 2.87. The summed E-state index contributed by atoms with van der Waals surface area (Å²) < 4.78 is 41.4. The average molecular weight is 242 g/mol. The second-order valence-electron chi connectivity index (χ2n) is 3.96. The van der Waals surface area contributed by atoms with E-state index in [4.69, 9.17) is 14.9 Å². The summed E-state index contributed by atoms with van der Waals surface area (Å²) in [6.07, 6.45) is -8.19. The first-order chi connectivity index (χ1) is 7.28. The smallest absolute Gasteiger partial charge is 0.414 e. The highest BCUT2D eigenvalue weighted by molar-refractivity contribution is 5.74. The van der Waals surface area contributed by atoms with Crippen molar-refractivity contribution in [3.63, 3.8) is 0 Å². The molecule has 0 radical (unpaired) electrons. The molecule has 0 aromatic carbocycles. The van der Waals surface area contributed by atoms with Gasteiger partial charge in [-0.15, -0.1) is 0 Å². The van der Waals surface area contributed by atoms with Crippen molar-refractivity contribution in [2.24, 2.45) is 5.41 Å². The van der Waals surface area contributed by atoms with Crippen LogP contribution >= 0.6 is 0 Å². The largest absolute Gasteiger partial charge is 0.481 e. The molecule has 1 unspecified atom stereocenters. The van der Waals surface area contributed by atoms with Crippen molar-refractivity contribution in [3.05, 3.63) is 0 Å². The van der Waals surface area contributed by atoms with Gasteiger partial charge >= 0.3 is 12.1 Å². The van der Waals surface area contributed by atoms with Crippen molar-refractivity contribution in [3.8, 4) is 0 Å². The van der Waals surface area contributed by atoms with Crippen LogP contribution in [0.4, 0.5) is 13.2 Å². The van der Waals surface area contributed by atoms with Crippen LogP contribution in [-0.2, 0) is 9.53 Å². The molecule has 94 valence electrons. The second-order valence-corrected chi connectivity index (χ2v) is 3.96. The maximum atomic E-state index is 12.2. The third-order valence-corrected chi connectivity index (χ3v) is 2.87. The van der Waals surface area contributed by atoms with Gasteiger partial charge in [-0.3, -0.25) is 4.79 Å². The monoisotopic (exact) mass is 242 g/mol. The van der Waals surface area contributed by atoms with Gasteiger partial charge < -0.3 is 14.9 Å². The number of halogens is 3. The van der Waals surface area contributed by atoms with Crippen molar-refractivity contribution in [2.75, 3.05) is 13.2 Å². The molecule has 1 heterocycles. The standard InChI is InChI=1S/C9H13F3O4/c10-9(11,12)6(13)5-8(7(14)15)1-3-16-4-2-8/h6,13H,1-5H2,(H,14,15). The van der Waals surface area contributed by atoms with Gasteiger partial charge in [-0.1, -0.05) is 0 Å². The molecule has 1 aliphatic rings. The number of aliphatic hydroxyl groups is 1. The minimum Gasteiger partial charge on any atom is -0.481 e. The summed E-state index contributed by atoms with van der Waals surface area (Å²) in [7, 11) is 0. The fraction of sp³-hybridized carbons (Fsp3) is 0.889. The van der Waals surface area contributed by atoms with Gasteiger partial charge in [0.2, 0.25) is 0 Å². The van der Waals surface area contributed by atoms with Crippen molar-refractivity contribution in [2.45, 2.75) is 31.5 Å². The first kappa shape index (κ1) is 13.2. The Hall–Kier alpha value is -0.820. The molecule has 2 N–H and O–H groups in total. The Bertz CT molecular complexity index is 258. The minimum absolute atomic E-state index is 0.00449. The molecular weight excluding hydrogens is 229 g/mol. The molecule has 0 aliphatic carbocycles. The zero-order valence-corrected chi connectivity index (χ0v) is 8.46. The van der Waals surface area contributed by atoms with Gasteiger partial charge in [0.25, 0.3) is 0 Å². The maximum Gasteiger partial charge on any atom is 0.414 e. The molecule has 7 heteroatoms. The van der Waals surface area contributed by atoms with E-state index in [1.54, 1.807) is 0 Å². The number of hydrogen-bond acceptors (Lipinski definition) is 3. The lowest BCUT2D eigenvalue weighted by atomic mass is 9.75. The van der Waals surface area contributed by atoms with Crippen molar-refractivity contribution in [1.82, 2.24) is 0 Å². The van der Waals surface area contributed by atoms with E-state index in [-0.39, 0.29) is 26.1 Å². The first-order valence-electron chi connectivity index (χ1n) is 4.84. The molecule has 1 fully saturated rings. The Labute approximate surface area is 90.0 Å². The van der Waals surface area contributed by atoms with Crippen LogP contribution in [0.15, 0.2) is 0 Å². The average Bonchev–Trinajstić information content (AvgIpc) is 2.17. The van der Waals surface area contributed by atoms with Crippen LogP contribution in [0.25, 0.3) is 0 Å². The van der Waals surface area contributed by atoms with Gasteiger partial charge in [0.15, 0.2) is 6.10 Å². The molecular formula is C9H13F3O4. The fourth-order valence-electron chi connectivity index (χ4n) is 1.75. The quantitative estimate of drug-likeness (QED) is 0.779. The molecule has 4 nitrogen and oxygen atoms in total. The van der Waals surface area contributed by atoms with E-state index in [1.807, 2.05) is 0 Å².